The van der Waals surface area contributed by atoms with Crippen LogP contribution in [0.3, 0.4) is 0 Å². The van der Waals surface area contributed by atoms with Crippen LogP contribution in [0.1, 0.15) is 11.1 Å². The van der Waals surface area contributed by atoms with Crippen molar-refractivity contribution < 1.29 is 0 Å². The zero-order valence-electron chi connectivity index (χ0n) is 8.54. The zero-order chi connectivity index (χ0) is 10.7. The maximum absolute atomic E-state index is 8.79. The summed E-state index contributed by atoms with van der Waals surface area (Å²) in [5.74, 6) is 0.785. The molecule has 1 aliphatic heterocycles. The van der Waals surface area contributed by atoms with Gasteiger partial charge < -0.3 is 10.6 Å². The second-order valence-corrected chi connectivity index (χ2v) is 3.42. The molecule has 0 fully saturated rings. The smallest absolute Gasteiger partial charge is 0.195 e. The fourth-order valence-corrected chi connectivity index (χ4v) is 1.44. The Labute approximate surface area is 88.6 Å². The van der Waals surface area contributed by atoms with Gasteiger partial charge in [-0.25, -0.2) is 0 Å². The molecule has 15 heavy (non-hydrogen) atoms. The number of benzene rings is 1. The van der Waals surface area contributed by atoms with Crippen LogP contribution in [0, 0.1) is 18.3 Å². The standard InChI is InChI=1S/C11H12N4/c1-8-2-3-9(7-12)6-10(8)15-11-13-4-5-14-11/h2-3,6H,4-5H2,1H3,(H2,13,14,15). The van der Waals surface area contributed by atoms with E-state index in [0.29, 0.717) is 5.56 Å². The number of aliphatic imine (C=N–C) groups is 1. The molecule has 2 N–H and O–H groups in total. The summed E-state index contributed by atoms with van der Waals surface area (Å²) in [4.78, 5) is 4.24. The largest absolute Gasteiger partial charge is 0.354 e. The number of guanidine groups is 1. The van der Waals surface area contributed by atoms with Crippen molar-refractivity contribution in [3.05, 3.63) is 29.3 Å². The van der Waals surface area contributed by atoms with E-state index >= 15 is 0 Å². The normalized spacial score (nSPS) is 14.0. The number of hydrogen-bond acceptors (Lipinski definition) is 4. The molecule has 0 amide bonds. The highest BCUT2D eigenvalue weighted by Crippen LogP contribution is 2.16. The molecule has 1 aromatic carbocycles. The van der Waals surface area contributed by atoms with E-state index in [1.165, 1.54) is 0 Å². The van der Waals surface area contributed by atoms with Crippen molar-refractivity contribution in [3.8, 4) is 6.07 Å². The lowest BCUT2D eigenvalue weighted by Gasteiger charge is -2.09. The van der Waals surface area contributed by atoms with Crippen LogP contribution in [0.15, 0.2) is 23.2 Å². The van der Waals surface area contributed by atoms with E-state index in [9.17, 15) is 0 Å². The van der Waals surface area contributed by atoms with Gasteiger partial charge in [-0.1, -0.05) is 6.07 Å². The van der Waals surface area contributed by atoms with Gasteiger partial charge >= 0.3 is 0 Å². The van der Waals surface area contributed by atoms with E-state index in [-0.39, 0.29) is 0 Å². The third-order valence-corrected chi connectivity index (χ3v) is 2.29. The minimum Gasteiger partial charge on any atom is -0.354 e. The van der Waals surface area contributed by atoms with Gasteiger partial charge in [-0.15, -0.1) is 0 Å². The maximum Gasteiger partial charge on any atom is 0.195 e. The SMILES string of the molecule is Cc1ccc(C#N)cc1NC1=NCCN1. The predicted octanol–water partition coefficient (Wildman–Crippen LogP) is 1.24. The fourth-order valence-electron chi connectivity index (χ4n) is 1.44. The summed E-state index contributed by atoms with van der Waals surface area (Å²) in [7, 11) is 0. The molecule has 0 radical (unpaired) electrons. The highest BCUT2D eigenvalue weighted by atomic mass is 15.2. The van der Waals surface area contributed by atoms with Crippen LogP contribution in [-0.4, -0.2) is 19.0 Å². The molecule has 1 heterocycles. The van der Waals surface area contributed by atoms with Gasteiger partial charge in [0, 0.05) is 12.2 Å². The van der Waals surface area contributed by atoms with Crippen molar-refractivity contribution in [1.82, 2.24) is 5.32 Å². The Balaban J connectivity index is 2.23. The summed E-state index contributed by atoms with van der Waals surface area (Å²) in [5, 5.41) is 15.1. The van der Waals surface area contributed by atoms with E-state index in [1.807, 2.05) is 25.1 Å². The van der Waals surface area contributed by atoms with Crippen molar-refractivity contribution in [1.29, 1.82) is 5.26 Å². The maximum atomic E-state index is 8.79. The number of rotatable bonds is 1. The molecule has 0 saturated heterocycles. The zero-order valence-corrected chi connectivity index (χ0v) is 8.54. The minimum atomic E-state index is 0.654. The van der Waals surface area contributed by atoms with Crippen LogP contribution in [0.25, 0.3) is 0 Å². The number of hydrogen-bond donors (Lipinski definition) is 2. The molecule has 0 bridgehead atoms. The lowest BCUT2D eigenvalue weighted by molar-refractivity contribution is 0.959. The second kappa shape index (κ2) is 4.01. The van der Waals surface area contributed by atoms with Crippen molar-refractivity contribution in [2.45, 2.75) is 6.92 Å². The number of aryl methyl sites for hydroxylation is 1. The van der Waals surface area contributed by atoms with Crippen LogP contribution < -0.4 is 10.6 Å². The monoisotopic (exact) mass is 200 g/mol. The van der Waals surface area contributed by atoms with Crippen LogP contribution in [0.5, 0.6) is 0 Å². The van der Waals surface area contributed by atoms with Crippen molar-refractivity contribution in [2.24, 2.45) is 4.99 Å². The Morgan fingerprint density at radius 1 is 1.53 bits per heavy atom. The number of nitriles is 1. The predicted molar refractivity (Wildman–Crippen MR) is 59.8 cm³/mol. The molecule has 2 rings (SSSR count). The first-order valence-electron chi connectivity index (χ1n) is 4.86. The quantitative estimate of drug-likeness (QED) is 0.717. The van der Waals surface area contributed by atoms with Crippen LogP contribution in [0.4, 0.5) is 5.69 Å². The van der Waals surface area contributed by atoms with Gasteiger partial charge in [-0.3, -0.25) is 4.99 Å². The van der Waals surface area contributed by atoms with Gasteiger partial charge in [0.25, 0.3) is 0 Å². The summed E-state index contributed by atoms with van der Waals surface area (Å²) in [5.41, 5.74) is 2.69. The van der Waals surface area contributed by atoms with Gasteiger partial charge in [0.2, 0.25) is 0 Å². The number of nitrogens with zero attached hydrogens (tertiary/aromatic N) is 2. The lowest BCUT2D eigenvalue weighted by Crippen LogP contribution is -2.26. The van der Waals surface area contributed by atoms with Crippen LogP contribution in [0.2, 0.25) is 0 Å². The fraction of sp³-hybridized carbons (Fsp3) is 0.273. The molecule has 0 aliphatic carbocycles. The molecule has 4 nitrogen and oxygen atoms in total. The average molecular weight is 200 g/mol. The lowest BCUT2D eigenvalue weighted by atomic mass is 10.1. The number of nitrogens with one attached hydrogen (secondary N) is 2. The summed E-state index contributed by atoms with van der Waals surface area (Å²) in [6.45, 7) is 3.68. The molecular weight excluding hydrogens is 188 g/mol. The van der Waals surface area contributed by atoms with E-state index in [4.69, 9.17) is 5.26 Å². The third-order valence-electron chi connectivity index (χ3n) is 2.29. The Kier molecular flexibility index (Phi) is 2.55. The first-order chi connectivity index (χ1) is 7.29. The molecule has 4 heteroatoms. The van der Waals surface area contributed by atoms with E-state index in [1.54, 1.807) is 0 Å². The van der Waals surface area contributed by atoms with E-state index < -0.39 is 0 Å². The van der Waals surface area contributed by atoms with E-state index in [2.05, 4.69) is 21.7 Å². The van der Waals surface area contributed by atoms with Gasteiger partial charge in [-0.05, 0) is 24.6 Å². The topological polar surface area (TPSA) is 60.2 Å². The molecule has 0 aromatic heterocycles. The van der Waals surface area contributed by atoms with E-state index in [0.717, 1.165) is 30.3 Å². The second-order valence-electron chi connectivity index (χ2n) is 3.42. The highest BCUT2D eigenvalue weighted by molar-refractivity contribution is 5.95. The van der Waals surface area contributed by atoms with Crippen molar-refractivity contribution in [3.63, 3.8) is 0 Å². The Hall–Kier alpha value is -2.02. The summed E-state index contributed by atoms with van der Waals surface area (Å²) in [6, 6.07) is 7.69. The molecule has 0 atom stereocenters. The summed E-state index contributed by atoms with van der Waals surface area (Å²) in [6.07, 6.45) is 0. The van der Waals surface area contributed by atoms with Crippen molar-refractivity contribution >= 4 is 11.6 Å². The highest BCUT2D eigenvalue weighted by Gasteiger charge is 2.06. The molecule has 0 spiro atoms. The van der Waals surface area contributed by atoms with Gasteiger partial charge in [-0.2, -0.15) is 5.26 Å². The molecule has 0 unspecified atom stereocenters. The summed E-state index contributed by atoms with van der Waals surface area (Å²) < 4.78 is 0. The molecule has 1 aromatic rings. The molecule has 0 saturated carbocycles. The first-order valence-corrected chi connectivity index (χ1v) is 4.86. The first kappa shape index (κ1) is 9.53. The Morgan fingerprint density at radius 2 is 2.40 bits per heavy atom. The average Bonchev–Trinajstić information content (AvgIpc) is 2.74. The number of anilines is 1. The van der Waals surface area contributed by atoms with Gasteiger partial charge in [0.15, 0.2) is 5.96 Å². The molecular formula is C11H12N4. The third kappa shape index (κ3) is 2.08. The molecule has 1 aliphatic rings. The summed E-state index contributed by atoms with van der Waals surface area (Å²) >= 11 is 0. The van der Waals surface area contributed by atoms with Gasteiger partial charge in [0.05, 0.1) is 18.2 Å². The van der Waals surface area contributed by atoms with Crippen LogP contribution in [-0.2, 0) is 0 Å². The van der Waals surface area contributed by atoms with Crippen molar-refractivity contribution in [2.75, 3.05) is 18.4 Å². The Morgan fingerprint density at radius 3 is 3.07 bits per heavy atom. The molecule has 76 valence electrons. The Bertz CT molecular complexity index is 442. The van der Waals surface area contributed by atoms with Crippen LogP contribution >= 0.6 is 0 Å². The van der Waals surface area contributed by atoms with Gasteiger partial charge in [0.1, 0.15) is 0 Å². The minimum absolute atomic E-state index is 0.654.